The highest BCUT2D eigenvalue weighted by Crippen LogP contribution is 2.42. The van der Waals surface area contributed by atoms with E-state index in [-0.39, 0.29) is 18.0 Å². The van der Waals surface area contributed by atoms with Gasteiger partial charge >= 0.3 is 0 Å². The maximum atomic E-state index is 14.1. The SMILES string of the molecule is O=C(NC1CC1)c1nnc2n1CCN1CCN(C(=O)C3(F)CC3)C[C@H]21. The molecule has 8 nitrogen and oxygen atoms in total. The van der Waals surface area contributed by atoms with Crippen molar-refractivity contribution in [1.82, 2.24) is 29.9 Å². The molecule has 5 rings (SSSR count). The van der Waals surface area contributed by atoms with Crippen LogP contribution < -0.4 is 5.32 Å². The lowest BCUT2D eigenvalue weighted by Gasteiger charge is -2.43. The number of carbonyl (C=O) groups is 2. The third-order valence-corrected chi connectivity index (χ3v) is 5.65. The van der Waals surface area contributed by atoms with Gasteiger partial charge in [0.25, 0.3) is 11.8 Å². The van der Waals surface area contributed by atoms with E-state index >= 15 is 0 Å². The lowest BCUT2D eigenvalue weighted by Crippen LogP contribution is -2.55. The molecule has 1 saturated heterocycles. The second kappa shape index (κ2) is 5.23. The molecule has 0 radical (unpaired) electrons. The van der Waals surface area contributed by atoms with Crippen molar-refractivity contribution in [3.05, 3.63) is 11.6 Å². The molecule has 1 N–H and O–H groups in total. The highest BCUT2D eigenvalue weighted by molar-refractivity contribution is 5.91. The van der Waals surface area contributed by atoms with Gasteiger partial charge in [-0.05, 0) is 25.7 Å². The molecule has 4 aliphatic rings. The zero-order valence-electron chi connectivity index (χ0n) is 13.9. The number of nitrogens with zero attached hydrogens (tertiary/aromatic N) is 5. The molecule has 1 aromatic heterocycles. The van der Waals surface area contributed by atoms with E-state index in [1.165, 1.54) is 0 Å². The number of halogens is 1. The summed E-state index contributed by atoms with van der Waals surface area (Å²) in [5, 5.41) is 11.3. The largest absolute Gasteiger partial charge is 0.347 e. The summed E-state index contributed by atoms with van der Waals surface area (Å²) < 4.78 is 16.0. The number of aromatic nitrogens is 3. The van der Waals surface area contributed by atoms with Crippen LogP contribution in [0.1, 0.15) is 48.2 Å². The standard InChI is InChI=1S/C16H21FN6O2/c17-16(3-4-16)15(25)22-6-5-21-7-8-23-12(11(21)9-22)19-20-13(23)14(24)18-10-1-2-10/h10-11H,1-9H2,(H,18,24)/t11-/m1/s1. The second-order valence-electron chi connectivity index (χ2n) is 7.55. The van der Waals surface area contributed by atoms with Gasteiger partial charge in [-0.25, -0.2) is 4.39 Å². The van der Waals surface area contributed by atoms with Gasteiger partial charge in [0, 0.05) is 38.8 Å². The van der Waals surface area contributed by atoms with Crippen LogP contribution in [0.2, 0.25) is 0 Å². The molecular formula is C16H21FN6O2. The maximum absolute atomic E-state index is 14.1. The highest BCUT2D eigenvalue weighted by atomic mass is 19.1. The van der Waals surface area contributed by atoms with Crippen LogP contribution in [0.3, 0.4) is 0 Å². The van der Waals surface area contributed by atoms with E-state index in [0.717, 1.165) is 19.4 Å². The summed E-state index contributed by atoms with van der Waals surface area (Å²) in [6, 6.07) is 0.145. The summed E-state index contributed by atoms with van der Waals surface area (Å²) in [6.07, 6.45) is 2.70. The van der Waals surface area contributed by atoms with Crippen LogP contribution in [0, 0.1) is 0 Å². The van der Waals surface area contributed by atoms with E-state index in [4.69, 9.17) is 0 Å². The third-order valence-electron chi connectivity index (χ3n) is 5.65. The van der Waals surface area contributed by atoms with E-state index in [1.54, 1.807) is 4.90 Å². The molecule has 1 aromatic rings. The smallest absolute Gasteiger partial charge is 0.289 e. The molecule has 2 aliphatic carbocycles. The van der Waals surface area contributed by atoms with Crippen molar-refractivity contribution in [3.8, 4) is 0 Å². The number of rotatable bonds is 3. The van der Waals surface area contributed by atoms with Crippen LogP contribution in [0.25, 0.3) is 0 Å². The average molecular weight is 348 g/mol. The number of amides is 2. The summed E-state index contributed by atoms with van der Waals surface area (Å²) >= 11 is 0. The number of nitrogens with one attached hydrogen (secondary N) is 1. The molecule has 2 aliphatic heterocycles. The van der Waals surface area contributed by atoms with Crippen LogP contribution in [-0.4, -0.2) is 74.3 Å². The van der Waals surface area contributed by atoms with E-state index in [9.17, 15) is 14.0 Å². The van der Waals surface area contributed by atoms with E-state index in [0.29, 0.717) is 50.7 Å². The first-order chi connectivity index (χ1) is 12.0. The summed E-state index contributed by atoms with van der Waals surface area (Å²) in [4.78, 5) is 28.5. The molecule has 0 aromatic carbocycles. The Morgan fingerprint density at radius 1 is 1.12 bits per heavy atom. The Morgan fingerprint density at radius 3 is 2.60 bits per heavy atom. The summed E-state index contributed by atoms with van der Waals surface area (Å²) in [7, 11) is 0. The molecule has 2 amide bonds. The Bertz CT molecular complexity index is 741. The normalized spacial score (nSPS) is 27.4. The minimum Gasteiger partial charge on any atom is -0.347 e. The van der Waals surface area contributed by atoms with Gasteiger partial charge in [-0.1, -0.05) is 0 Å². The van der Waals surface area contributed by atoms with Gasteiger partial charge in [-0.2, -0.15) is 0 Å². The molecule has 3 fully saturated rings. The second-order valence-corrected chi connectivity index (χ2v) is 7.55. The quantitative estimate of drug-likeness (QED) is 0.823. The first-order valence-electron chi connectivity index (χ1n) is 9.01. The number of alkyl halides is 1. The minimum absolute atomic E-state index is 0.122. The van der Waals surface area contributed by atoms with Gasteiger partial charge < -0.3 is 14.8 Å². The molecule has 9 heteroatoms. The topological polar surface area (TPSA) is 83.4 Å². The van der Waals surface area contributed by atoms with Crippen molar-refractivity contribution in [1.29, 1.82) is 0 Å². The Hall–Kier alpha value is -2.03. The monoisotopic (exact) mass is 348 g/mol. The van der Waals surface area contributed by atoms with Crippen molar-refractivity contribution in [3.63, 3.8) is 0 Å². The fourth-order valence-electron chi connectivity index (χ4n) is 3.78. The molecule has 0 spiro atoms. The predicted molar refractivity (Wildman–Crippen MR) is 84.5 cm³/mol. The van der Waals surface area contributed by atoms with Crippen LogP contribution >= 0.6 is 0 Å². The molecule has 1 atom stereocenters. The zero-order valence-corrected chi connectivity index (χ0v) is 13.9. The lowest BCUT2D eigenvalue weighted by atomic mass is 10.1. The number of hydrogen-bond acceptors (Lipinski definition) is 5. The number of piperazine rings is 1. The maximum Gasteiger partial charge on any atom is 0.289 e. The van der Waals surface area contributed by atoms with Crippen molar-refractivity contribution in [2.75, 3.05) is 26.2 Å². The van der Waals surface area contributed by atoms with Gasteiger partial charge in [-0.3, -0.25) is 14.5 Å². The Morgan fingerprint density at radius 2 is 1.88 bits per heavy atom. The van der Waals surface area contributed by atoms with Crippen molar-refractivity contribution >= 4 is 11.8 Å². The van der Waals surface area contributed by atoms with Crippen LogP contribution in [0.5, 0.6) is 0 Å². The molecular weight excluding hydrogens is 327 g/mol. The van der Waals surface area contributed by atoms with E-state index in [2.05, 4.69) is 20.4 Å². The molecule has 2 saturated carbocycles. The van der Waals surface area contributed by atoms with Gasteiger partial charge in [0.1, 0.15) is 0 Å². The molecule has 0 unspecified atom stereocenters. The third kappa shape index (κ3) is 2.52. The average Bonchev–Trinajstić information content (AvgIpc) is 3.53. The zero-order chi connectivity index (χ0) is 17.2. The first kappa shape index (κ1) is 15.2. The minimum atomic E-state index is -1.64. The van der Waals surface area contributed by atoms with Crippen LogP contribution in [0.4, 0.5) is 4.39 Å². The fourth-order valence-corrected chi connectivity index (χ4v) is 3.78. The van der Waals surface area contributed by atoms with Crippen LogP contribution in [0.15, 0.2) is 0 Å². The van der Waals surface area contributed by atoms with E-state index in [1.807, 2.05) is 4.57 Å². The first-order valence-corrected chi connectivity index (χ1v) is 9.01. The Kier molecular flexibility index (Phi) is 3.19. The molecule has 3 heterocycles. The van der Waals surface area contributed by atoms with E-state index < -0.39 is 11.6 Å². The van der Waals surface area contributed by atoms with Gasteiger partial charge in [0.15, 0.2) is 11.5 Å². The van der Waals surface area contributed by atoms with Crippen molar-refractivity contribution in [2.45, 2.75) is 50.0 Å². The van der Waals surface area contributed by atoms with Gasteiger partial charge in [0.2, 0.25) is 5.82 Å². The van der Waals surface area contributed by atoms with Crippen molar-refractivity contribution < 1.29 is 14.0 Å². The van der Waals surface area contributed by atoms with Crippen LogP contribution in [-0.2, 0) is 11.3 Å². The predicted octanol–water partition coefficient (Wildman–Crippen LogP) is -0.129. The number of fused-ring (bicyclic) bond motifs is 3. The lowest BCUT2D eigenvalue weighted by molar-refractivity contribution is -0.141. The highest BCUT2D eigenvalue weighted by Gasteiger charge is 2.54. The fraction of sp³-hybridized carbons (Fsp3) is 0.750. The molecule has 25 heavy (non-hydrogen) atoms. The molecule has 134 valence electrons. The molecule has 0 bridgehead atoms. The number of carbonyl (C=O) groups excluding carboxylic acids is 2. The van der Waals surface area contributed by atoms with Gasteiger partial charge in [0.05, 0.1) is 6.04 Å². The summed E-state index contributed by atoms with van der Waals surface area (Å²) in [6.45, 7) is 3.09. The summed E-state index contributed by atoms with van der Waals surface area (Å²) in [5.74, 6) is 0.470. The van der Waals surface area contributed by atoms with Gasteiger partial charge in [-0.15, -0.1) is 10.2 Å². The van der Waals surface area contributed by atoms with Crippen molar-refractivity contribution in [2.24, 2.45) is 0 Å². The Balaban J connectivity index is 1.38. The summed E-state index contributed by atoms with van der Waals surface area (Å²) in [5.41, 5.74) is -1.64. The Labute approximate surface area is 144 Å². The number of hydrogen-bond donors (Lipinski definition) is 1.